The van der Waals surface area contributed by atoms with E-state index in [1.807, 2.05) is 37.3 Å². The van der Waals surface area contributed by atoms with Crippen LogP contribution in [-0.2, 0) is 49.3 Å². The predicted octanol–water partition coefficient (Wildman–Crippen LogP) is 3.46. The number of hydrogen-bond acceptors (Lipinski definition) is 10. The van der Waals surface area contributed by atoms with Gasteiger partial charge in [-0.1, -0.05) is 58.0 Å². The van der Waals surface area contributed by atoms with Gasteiger partial charge in [-0.25, -0.2) is 0 Å². The van der Waals surface area contributed by atoms with Crippen LogP contribution in [0.1, 0.15) is 73.3 Å². The first kappa shape index (κ1) is 32.0. The van der Waals surface area contributed by atoms with Crippen molar-refractivity contribution >= 4 is 29.5 Å². The molecule has 1 saturated heterocycles. The predicted molar refractivity (Wildman–Crippen MR) is 156 cm³/mol. The second-order valence-electron chi connectivity index (χ2n) is 13.7. The number of allylic oxidation sites excluding steroid dienone is 1. The fourth-order valence-electron chi connectivity index (χ4n) is 8.35. The second kappa shape index (κ2) is 10.9. The van der Waals surface area contributed by atoms with E-state index in [4.69, 9.17) is 18.9 Å². The molecule has 1 aromatic rings. The summed E-state index contributed by atoms with van der Waals surface area (Å²) in [6, 6.07) is 9.38. The highest BCUT2D eigenvalue weighted by atomic mass is 16.6. The van der Waals surface area contributed by atoms with Gasteiger partial charge in [0.1, 0.15) is 17.8 Å². The van der Waals surface area contributed by atoms with Gasteiger partial charge in [0, 0.05) is 37.5 Å². The summed E-state index contributed by atoms with van der Waals surface area (Å²) in [5.74, 6) is -4.54. The highest BCUT2D eigenvalue weighted by Gasteiger charge is 2.77. The minimum Gasteiger partial charge on any atom is -0.459 e. The maximum Gasteiger partial charge on any atom is 0.306 e. The van der Waals surface area contributed by atoms with E-state index in [-0.39, 0.29) is 24.2 Å². The van der Waals surface area contributed by atoms with Crippen LogP contribution in [-0.4, -0.2) is 70.7 Å². The number of carbonyl (C=O) groups excluding carboxylic acids is 5. The van der Waals surface area contributed by atoms with E-state index >= 15 is 0 Å². The van der Waals surface area contributed by atoms with E-state index < -0.39 is 88.1 Å². The zero-order valence-electron chi connectivity index (χ0n) is 26.4. The Morgan fingerprint density at radius 2 is 1.68 bits per heavy atom. The van der Waals surface area contributed by atoms with E-state index in [1.165, 1.54) is 13.8 Å². The van der Waals surface area contributed by atoms with Crippen LogP contribution >= 0.6 is 0 Å². The Morgan fingerprint density at radius 3 is 2.25 bits per heavy atom. The van der Waals surface area contributed by atoms with E-state index in [1.54, 1.807) is 27.7 Å². The fourth-order valence-corrected chi connectivity index (χ4v) is 8.35. The van der Waals surface area contributed by atoms with Crippen LogP contribution in [0.15, 0.2) is 41.5 Å². The number of hydrogen-bond donors (Lipinski definition) is 1. The molecule has 5 rings (SSSR count). The van der Waals surface area contributed by atoms with Gasteiger partial charge in [-0.2, -0.15) is 0 Å². The first-order valence-corrected chi connectivity index (χ1v) is 15.2. The highest BCUT2D eigenvalue weighted by molar-refractivity contribution is 6.02. The van der Waals surface area contributed by atoms with Crippen LogP contribution < -0.4 is 0 Å². The Bertz CT molecular complexity index is 1430. The van der Waals surface area contributed by atoms with E-state index in [0.717, 1.165) is 5.56 Å². The smallest absolute Gasteiger partial charge is 0.306 e. The summed E-state index contributed by atoms with van der Waals surface area (Å²) >= 11 is 0. The Kier molecular flexibility index (Phi) is 7.94. The number of aliphatic hydroxyl groups is 1. The Labute approximate surface area is 257 Å². The summed E-state index contributed by atoms with van der Waals surface area (Å²) in [6.07, 6.45) is -3.36. The van der Waals surface area contributed by atoms with Gasteiger partial charge < -0.3 is 24.1 Å². The van der Waals surface area contributed by atoms with Gasteiger partial charge in [0.2, 0.25) is 0 Å². The summed E-state index contributed by atoms with van der Waals surface area (Å²) in [5, 5.41) is 12.9. The molecule has 0 spiro atoms. The van der Waals surface area contributed by atoms with Crippen molar-refractivity contribution in [3.8, 4) is 0 Å². The molecule has 238 valence electrons. The van der Waals surface area contributed by atoms with Gasteiger partial charge >= 0.3 is 17.9 Å². The van der Waals surface area contributed by atoms with Crippen molar-refractivity contribution in [2.24, 2.45) is 22.7 Å². The number of rotatable bonds is 6. The lowest BCUT2D eigenvalue weighted by atomic mass is 9.43. The molecule has 6 unspecified atom stereocenters. The third-order valence-electron chi connectivity index (χ3n) is 11.0. The second-order valence-corrected chi connectivity index (χ2v) is 13.7. The van der Waals surface area contributed by atoms with Gasteiger partial charge in [0.15, 0.2) is 23.3 Å². The largest absolute Gasteiger partial charge is 0.459 e. The van der Waals surface area contributed by atoms with Gasteiger partial charge in [0.25, 0.3) is 0 Å². The lowest BCUT2D eigenvalue weighted by Crippen LogP contribution is -2.80. The third kappa shape index (κ3) is 4.64. The van der Waals surface area contributed by atoms with Crippen LogP contribution in [0.5, 0.6) is 0 Å². The van der Waals surface area contributed by atoms with Gasteiger partial charge in [-0.15, -0.1) is 0 Å². The molecule has 8 atom stereocenters. The first-order valence-electron chi connectivity index (χ1n) is 15.2. The molecule has 0 amide bonds. The summed E-state index contributed by atoms with van der Waals surface area (Å²) in [4.78, 5) is 67.4. The molecule has 1 N–H and O–H groups in total. The molecule has 1 heterocycles. The standard InChI is InChI=1S/C34H42O10/c1-18-15-24-33(17-41-24,44-21(4)36)28-30(43-25(38)14-13-22-11-9-8-10-12-22)34(40)16-23(37)19(2)26(31(34,5)6)27(42-20(3)35)29(39)32(18,28)7/h8-12,18,24,27-28,30,40H,13-17H2,1-7H3/t18-,24?,27?,28?,30?,32+,33?,34?/m0/s1. The average Bonchev–Trinajstić information content (AvgIpc) is 2.94. The number of esters is 3. The summed E-state index contributed by atoms with van der Waals surface area (Å²) in [6.45, 7) is 10.8. The summed E-state index contributed by atoms with van der Waals surface area (Å²) < 4.78 is 24.0. The highest BCUT2D eigenvalue weighted by Crippen LogP contribution is 2.65. The van der Waals surface area contributed by atoms with Crippen LogP contribution in [0.2, 0.25) is 0 Å². The average molecular weight is 611 g/mol. The maximum absolute atomic E-state index is 15.0. The quantitative estimate of drug-likeness (QED) is 0.376. The van der Waals surface area contributed by atoms with Crippen LogP contribution in [0.4, 0.5) is 0 Å². The Morgan fingerprint density at radius 1 is 1.02 bits per heavy atom. The fraction of sp³-hybridized carbons (Fsp3) is 0.618. The zero-order chi connectivity index (χ0) is 32.4. The summed E-state index contributed by atoms with van der Waals surface area (Å²) in [7, 11) is 0. The minimum atomic E-state index is -2.07. The number of fused-ring (bicyclic) bond motifs is 5. The molecule has 0 radical (unpaired) electrons. The SMILES string of the molecule is CC(=O)OC1C(=O)[C@@]2(C)C(C(OC(=O)CCc3ccccc3)C3(O)CC(=O)C(C)=C1C3(C)C)C1(OC(C)=O)COC1C[C@@H]2C. The van der Waals surface area contributed by atoms with Crippen molar-refractivity contribution in [3.05, 3.63) is 47.0 Å². The number of benzene rings is 1. The molecule has 4 aliphatic rings. The third-order valence-corrected chi connectivity index (χ3v) is 11.0. The lowest BCUT2D eigenvalue weighted by molar-refractivity contribution is -0.340. The zero-order valence-corrected chi connectivity index (χ0v) is 26.4. The molecule has 0 aromatic heterocycles. The molecular weight excluding hydrogens is 568 g/mol. The van der Waals surface area contributed by atoms with Crippen molar-refractivity contribution in [1.29, 1.82) is 0 Å². The molecule has 2 bridgehead atoms. The van der Waals surface area contributed by atoms with Crippen molar-refractivity contribution < 1.29 is 48.0 Å². The Balaban J connectivity index is 1.74. The summed E-state index contributed by atoms with van der Waals surface area (Å²) in [5.41, 5.74) is -5.05. The van der Waals surface area contributed by atoms with Crippen molar-refractivity contribution in [2.75, 3.05) is 6.61 Å². The molecule has 10 heteroatoms. The van der Waals surface area contributed by atoms with Crippen molar-refractivity contribution in [3.63, 3.8) is 0 Å². The van der Waals surface area contributed by atoms with Gasteiger partial charge in [-0.3, -0.25) is 24.0 Å². The van der Waals surface area contributed by atoms with Gasteiger partial charge in [0.05, 0.1) is 12.5 Å². The maximum atomic E-state index is 15.0. The van der Waals surface area contributed by atoms with Crippen LogP contribution in [0.25, 0.3) is 0 Å². The van der Waals surface area contributed by atoms with Crippen molar-refractivity contribution in [2.45, 2.75) is 104 Å². The number of Topliss-reactive ketones (excluding diaryl/α,β-unsaturated/α-hetero) is 2. The number of ketones is 2. The molecule has 1 aliphatic heterocycles. The number of aryl methyl sites for hydroxylation is 1. The molecular formula is C34H42O10. The molecule has 2 saturated carbocycles. The molecule has 10 nitrogen and oxygen atoms in total. The molecule has 3 aliphatic carbocycles. The molecule has 44 heavy (non-hydrogen) atoms. The van der Waals surface area contributed by atoms with E-state index in [2.05, 4.69) is 0 Å². The van der Waals surface area contributed by atoms with Gasteiger partial charge in [-0.05, 0) is 42.4 Å². The van der Waals surface area contributed by atoms with E-state index in [9.17, 15) is 29.1 Å². The topological polar surface area (TPSA) is 143 Å². The van der Waals surface area contributed by atoms with E-state index in [0.29, 0.717) is 12.8 Å². The van der Waals surface area contributed by atoms with Crippen molar-refractivity contribution in [1.82, 2.24) is 0 Å². The molecule has 3 fully saturated rings. The minimum absolute atomic E-state index is 0.0316. The Hall–Kier alpha value is -3.37. The number of carbonyl (C=O) groups is 5. The first-order chi connectivity index (χ1) is 20.5. The van der Waals surface area contributed by atoms with Crippen LogP contribution in [0.3, 0.4) is 0 Å². The monoisotopic (exact) mass is 610 g/mol. The lowest BCUT2D eigenvalue weighted by Gasteiger charge is -2.67. The number of ether oxygens (including phenoxy) is 4. The molecule has 1 aromatic carbocycles. The normalized spacial score (nSPS) is 37.4. The van der Waals surface area contributed by atoms with Crippen LogP contribution in [0, 0.1) is 22.7 Å².